The van der Waals surface area contributed by atoms with Crippen molar-refractivity contribution in [2.24, 2.45) is 0 Å². The zero-order valence-corrected chi connectivity index (χ0v) is 13.1. The van der Waals surface area contributed by atoms with Gasteiger partial charge in [-0.2, -0.15) is 0 Å². The first-order valence-electron chi connectivity index (χ1n) is 6.36. The summed E-state index contributed by atoms with van der Waals surface area (Å²) in [6.45, 7) is 1.53. The van der Waals surface area contributed by atoms with Crippen molar-refractivity contribution in [1.82, 2.24) is 0 Å². The smallest absolute Gasteiger partial charge is 0.271 e. The molecule has 7 nitrogen and oxygen atoms in total. The highest BCUT2D eigenvalue weighted by molar-refractivity contribution is 7.92. The molecule has 0 aliphatic rings. The summed E-state index contributed by atoms with van der Waals surface area (Å²) in [5.74, 6) is -0.541. The van der Waals surface area contributed by atoms with E-state index in [4.69, 9.17) is 4.74 Å². The van der Waals surface area contributed by atoms with Gasteiger partial charge in [-0.25, -0.2) is 12.8 Å². The zero-order valence-electron chi connectivity index (χ0n) is 12.2. The fourth-order valence-corrected chi connectivity index (χ4v) is 3.25. The van der Waals surface area contributed by atoms with Crippen molar-refractivity contribution in [2.75, 3.05) is 11.8 Å². The van der Waals surface area contributed by atoms with Gasteiger partial charge in [0.15, 0.2) is 0 Å². The van der Waals surface area contributed by atoms with E-state index >= 15 is 0 Å². The van der Waals surface area contributed by atoms with Crippen molar-refractivity contribution < 1.29 is 22.5 Å². The van der Waals surface area contributed by atoms with Gasteiger partial charge in [0.1, 0.15) is 16.5 Å². The van der Waals surface area contributed by atoms with Gasteiger partial charge in [0.25, 0.3) is 15.7 Å². The first-order valence-corrected chi connectivity index (χ1v) is 7.84. The Morgan fingerprint density at radius 1 is 1.22 bits per heavy atom. The summed E-state index contributed by atoms with van der Waals surface area (Å²) in [5, 5.41) is 10.8. The van der Waals surface area contributed by atoms with Crippen LogP contribution in [0.2, 0.25) is 0 Å². The van der Waals surface area contributed by atoms with Crippen molar-refractivity contribution >= 4 is 21.4 Å². The molecule has 0 aliphatic carbocycles. The van der Waals surface area contributed by atoms with E-state index in [-0.39, 0.29) is 22.0 Å². The lowest BCUT2D eigenvalue weighted by atomic mass is 10.2. The van der Waals surface area contributed by atoms with Crippen LogP contribution in [0.4, 0.5) is 15.8 Å². The van der Waals surface area contributed by atoms with Gasteiger partial charge in [0.2, 0.25) is 0 Å². The summed E-state index contributed by atoms with van der Waals surface area (Å²) in [4.78, 5) is 9.75. The number of nitrogens with one attached hydrogen (secondary N) is 1. The van der Waals surface area contributed by atoms with Gasteiger partial charge in [-0.3, -0.25) is 14.8 Å². The number of halogens is 1. The number of ether oxygens (including phenoxy) is 1. The van der Waals surface area contributed by atoms with Crippen LogP contribution in [0.5, 0.6) is 5.75 Å². The number of nitro groups is 1. The molecule has 0 amide bonds. The van der Waals surface area contributed by atoms with Crippen LogP contribution >= 0.6 is 0 Å². The molecule has 0 spiro atoms. The third kappa shape index (κ3) is 3.57. The van der Waals surface area contributed by atoms with E-state index in [0.29, 0.717) is 5.56 Å². The fraction of sp³-hybridized carbons (Fsp3) is 0.143. The molecule has 0 atom stereocenters. The van der Waals surface area contributed by atoms with Gasteiger partial charge >= 0.3 is 0 Å². The summed E-state index contributed by atoms with van der Waals surface area (Å²) < 4.78 is 45.3. The van der Waals surface area contributed by atoms with Crippen LogP contribution in [-0.4, -0.2) is 20.5 Å². The molecule has 0 heterocycles. The summed E-state index contributed by atoms with van der Waals surface area (Å²) in [6.07, 6.45) is 0. The van der Waals surface area contributed by atoms with Crippen LogP contribution in [-0.2, 0) is 10.0 Å². The average molecular weight is 340 g/mol. The molecule has 0 saturated carbocycles. The van der Waals surface area contributed by atoms with Crippen LogP contribution in [0.1, 0.15) is 5.56 Å². The molecular formula is C14H13FN2O5S. The fourth-order valence-electron chi connectivity index (χ4n) is 1.93. The number of methoxy groups -OCH3 is 1. The van der Waals surface area contributed by atoms with E-state index in [1.807, 2.05) is 0 Å². The maximum Gasteiger partial charge on any atom is 0.271 e. The van der Waals surface area contributed by atoms with Crippen LogP contribution in [0.15, 0.2) is 41.3 Å². The third-order valence-electron chi connectivity index (χ3n) is 3.08. The number of hydrogen-bond acceptors (Lipinski definition) is 5. The number of nitro benzene ring substituents is 1. The van der Waals surface area contributed by atoms with E-state index in [1.165, 1.54) is 32.2 Å². The maximum atomic E-state index is 13.1. The number of anilines is 1. The quantitative estimate of drug-likeness (QED) is 0.666. The Balaban J connectivity index is 2.50. The zero-order chi connectivity index (χ0) is 17.2. The molecule has 2 aromatic carbocycles. The van der Waals surface area contributed by atoms with Gasteiger partial charge in [0.05, 0.1) is 17.7 Å². The first-order chi connectivity index (χ1) is 10.7. The molecule has 1 N–H and O–H groups in total. The Kier molecular flexibility index (Phi) is 4.50. The van der Waals surface area contributed by atoms with E-state index in [2.05, 4.69) is 4.72 Å². The molecular weight excluding hydrogens is 327 g/mol. The van der Waals surface area contributed by atoms with Gasteiger partial charge in [-0.1, -0.05) is 0 Å². The second kappa shape index (κ2) is 6.21. The van der Waals surface area contributed by atoms with Crippen molar-refractivity contribution in [2.45, 2.75) is 11.8 Å². The number of hydrogen-bond donors (Lipinski definition) is 1. The van der Waals surface area contributed by atoms with E-state index in [0.717, 1.165) is 18.2 Å². The lowest BCUT2D eigenvalue weighted by Gasteiger charge is -2.13. The normalized spacial score (nSPS) is 11.1. The molecule has 0 radical (unpaired) electrons. The predicted molar refractivity (Wildman–Crippen MR) is 81.6 cm³/mol. The standard InChI is InChI=1S/C14H13FN2O5S/c1-9-7-10(15)3-5-12(9)16-23(20,21)14-8-11(17(18)19)4-6-13(14)22-2/h3-8,16H,1-2H3. The summed E-state index contributed by atoms with van der Waals surface area (Å²) >= 11 is 0. The number of sulfonamides is 1. The molecule has 9 heteroatoms. The second-order valence-corrected chi connectivity index (χ2v) is 6.31. The molecule has 0 saturated heterocycles. The molecule has 2 aromatic rings. The van der Waals surface area contributed by atoms with Crippen molar-refractivity contribution in [3.8, 4) is 5.75 Å². The summed E-state index contributed by atoms with van der Waals surface area (Å²) in [6, 6.07) is 6.79. The highest BCUT2D eigenvalue weighted by Gasteiger charge is 2.23. The van der Waals surface area contributed by atoms with Gasteiger partial charge in [-0.15, -0.1) is 0 Å². The second-order valence-electron chi connectivity index (χ2n) is 4.66. The van der Waals surface area contributed by atoms with Crippen LogP contribution in [0.3, 0.4) is 0 Å². The van der Waals surface area contributed by atoms with Crippen LogP contribution in [0.25, 0.3) is 0 Å². The Bertz CT molecular complexity index is 867. The molecule has 2 rings (SSSR count). The minimum absolute atomic E-state index is 0.0390. The third-order valence-corrected chi connectivity index (χ3v) is 4.47. The monoisotopic (exact) mass is 340 g/mol. The minimum Gasteiger partial charge on any atom is -0.495 e. The average Bonchev–Trinajstić information content (AvgIpc) is 2.49. The van der Waals surface area contributed by atoms with Gasteiger partial charge in [0, 0.05) is 12.1 Å². The number of aryl methyl sites for hydroxylation is 1. The Hall–Kier alpha value is -2.68. The predicted octanol–water partition coefficient (Wildman–Crippen LogP) is 2.85. The van der Waals surface area contributed by atoms with Crippen molar-refractivity contribution in [3.63, 3.8) is 0 Å². The molecule has 0 aliphatic heterocycles. The Morgan fingerprint density at radius 2 is 1.91 bits per heavy atom. The van der Waals surface area contributed by atoms with Gasteiger partial charge in [-0.05, 0) is 36.8 Å². The maximum absolute atomic E-state index is 13.1. The van der Waals surface area contributed by atoms with E-state index < -0.39 is 20.8 Å². The molecule has 0 aromatic heterocycles. The Labute approximate surface area is 131 Å². The van der Waals surface area contributed by atoms with Crippen molar-refractivity contribution in [1.29, 1.82) is 0 Å². The highest BCUT2D eigenvalue weighted by Crippen LogP contribution is 2.30. The molecule has 23 heavy (non-hydrogen) atoms. The number of rotatable bonds is 5. The van der Waals surface area contributed by atoms with Crippen LogP contribution in [0, 0.1) is 22.9 Å². The highest BCUT2D eigenvalue weighted by atomic mass is 32.2. The summed E-state index contributed by atoms with van der Waals surface area (Å²) in [5.41, 5.74) is 0.153. The number of benzene rings is 2. The van der Waals surface area contributed by atoms with Gasteiger partial charge < -0.3 is 4.74 Å². The SMILES string of the molecule is COc1ccc([N+](=O)[O-])cc1S(=O)(=O)Nc1ccc(F)cc1C. The number of non-ortho nitro benzene ring substituents is 1. The molecule has 0 fully saturated rings. The lowest BCUT2D eigenvalue weighted by Crippen LogP contribution is -2.15. The summed E-state index contributed by atoms with van der Waals surface area (Å²) in [7, 11) is -2.90. The Morgan fingerprint density at radius 3 is 2.48 bits per heavy atom. The van der Waals surface area contributed by atoms with Crippen molar-refractivity contribution in [3.05, 3.63) is 57.9 Å². The topological polar surface area (TPSA) is 98.5 Å². The molecule has 0 unspecified atom stereocenters. The lowest BCUT2D eigenvalue weighted by molar-refractivity contribution is -0.385. The minimum atomic E-state index is -4.15. The molecule has 122 valence electrons. The first kappa shape index (κ1) is 16.7. The largest absolute Gasteiger partial charge is 0.495 e. The van der Waals surface area contributed by atoms with E-state index in [9.17, 15) is 22.9 Å². The van der Waals surface area contributed by atoms with Crippen LogP contribution < -0.4 is 9.46 Å². The number of nitrogens with zero attached hydrogens (tertiary/aromatic N) is 1. The van der Waals surface area contributed by atoms with E-state index in [1.54, 1.807) is 0 Å². The molecule has 0 bridgehead atoms.